The number of hydrogen-bond donors (Lipinski definition) is 1. The van der Waals surface area contributed by atoms with E-state index < -0.39 is 0 Å². The van der Waals surface area contributed by atoms with Crippen LogP contribution in [0.25, 0.3) is 0 Å². The van der Waals surface area contributed by atoms with Gasteiger partial charge >= 0.3 is 0 Å². The van der Waals surface area contributed by atoms with Crippen LogP contribution in [0.1, 0.15) is 12.8 Å². The van der Waals surface area contributed by atoms with Gasteiger partial charge in [0.25, 0.3) is 0 Å². The lowest BCUT2D eigenvalue weighted by atomic mass is 10.2. The molecule has 0 bridgehead atoms. The summed E-state index contributed by atoms with van der Waals surface area (Å²) in [5.41, 5.74) is 7.23. The SMILES string of the molecule is COCCN(CC(=O)N(C)c1ccc(N)cc1)C1CC1. The number of ether oxygens (including phenoxy) is 1. The lowest BCUT2D eigenvalue weighted by Gasteiger charge is -2.24. The van der Waals surface area contributed by atoms with Crippen LogP contribution in [0.3, 0.4) is 0 Å². The van der Waals surface area contributed by atoms with Crippen LogP contribution in [-0.4, -0.2) is 50.7 Å². The summed E-state index contributed by atoms with van der Waals surface area (Å²) >= 11 is 0. The summed E-state index contributed by atoms with van der Waals surface area (Å²) in [6.07, 6.45) is 2.37. The molecule has 0 aromatic heterocycles. The maximum absolute atomic E-state index is 12.3. The molecule has 0 atom stereocenters. The third-order valence-corrected chi connectivity index (χ3v) is 3.64. The van der Waals surface area contributed by atoms with E-state index in [2.05, 4.69) is 4.90 Å². The van der Waals surface area contributed by atoms with Gasteiger partial charge in [-0.05, 0) is 37.1 Å². The van der Waals surface area contributed by atoms with E-state index in [0.717, 1.165) is 12.2 Å². The van der Waals surface area contributed by atoms with Crippen LogP contribution < -0.4 is 10.6 Å². The molecule has 0 aliphatic heterocycles. The summed E-state index contributed by atoms with van der Waals surface area (Å²) < 4.78 is 5.11. The van der Waals surface area contributed by atoms with Gasteiger partial charge in [0.05, 0.1) is 13.2 Å². The maximum Gasteiger partial charge on any atom is 0.240 e. The summed E-state index contributed by atoms with van der Waals surface area (Å²) in [4.78, 5) is 16.2. The first kappa shape index (κ1) is 14.8. The second kappa shape index (κ2) is 6.72. The number of nitrogens with two attached hydrogens (primary N) is 1. The van der Waals surface area contributed by atoms with Crippen molar-refractivity contribution in [3.8, 4) is 0 Å². The molecule has 2 N–H and O–H groups in total. The highest BCUT2D eigenvalue weighted by atomic mass is 16.5. The van der Waals surface area contributed by atoms with Crippen LogP contribution in [0.15, 0.2) is 24.3 Å². The number of benzene rings is 1. The second-order valence-corrected chi connectivity index (χ2v) is 5.24. The average molecular weight is 277 g/mol. The second-order valence-electron chi connectivity index (χ2n) is 5.24. The van der Waals surface area contributed by atoms with Crippen molar-refractivity contribution < 1.29 is 9.53 Å². The summed E-state index contributed by atoms with van der Waals surface area (Å²) in [7, 11) is 3.49. The Kier molecular flexibility index (Phi) is 4.98. The number of rotatable bonds is 7. The van der Waals surface area contributed by atoms with Crippen molar-refractivity contribution in [3.05, 3.63) is 24.3 Å². The van der Waals surface area contributed by atoms with Crippen molar-refractivity contribution in [2.24, 2.45) is 0 Å². The lowest BCUT2D eigenvalue weighted by Crippen LogP contribution is -2.41. The smallest absolute Gasteiger partial charge is 0.240 e. The highest BCUT2D eigenvalue weighted by Gasteiger charge is 2.30. The van der Waals surface area contributed by atoms with E-state index in [9.17, 15) is 4.79 Å². The first-order chi connectivity index (χ1) is 9.61. The van der Waals surface area contributed by atoms with E-state index in [-0.39, 0.29) is 5.91 Å². The van der Waals surface area contributed by atoms with Gasteiger partial charge in [-0.3, -0.25) is 9.69 Å². The predicted octanol–water partition coefficient (Wildman–Crippen LogP) is 1.34. The maximum atomic E-state index is 12.3. The molecular weight excluding hydrogens is 254 g/mol. The molecule has 0 radical (unpaired) electrons. The highest BCUT2D eigenvalue weighted by molar-refractivity contribution is 5.94. The Labute approximate surface area is 120 Å². The lowest BCUT2D eigenvalue weighted by molar-refractivity contribution is -0.119. The van der Waals surface area contributed by atoms with Gasteiger partial charge in [0, 0.05) is 38.1 Å². The standard InChI is InChI=1S/C15H23N3O2/c1-17(13-5-3-12(16)4-6-13)15(19)11-18(9-10-20-2)14-7-8-14/h3-6,14H,7-11,16H2,1-2H3. The average Bonchev–Trinajstić information content (AvgIpc) is 3.27. The minimum Gasteiger partial charge on any atom is -0.399 e. The molecule has 1 saturated carbocycles. The molecule has 2 rings (SSSR count). The molecular formula is C15H23N3O2. The molecule has 20 heavy (non-hydrogen) atoms. The van der Waals surface area contributed by atoms with Crippen LogP contribution >= 0.6 is 0 Å². The largest absolute Gasteiger partial charge is 0.399 e. The van der Waals surface area contributed by atoms with Gasteiger partial charge in [-0.25, -0.2) is 0 Å². The Morgan fingerprint density at radius 3 is 2.55 bits per heavy atom. The van der Waals surface area contributed by atoms with Crippen molar-refractivity contribution >= 4 is 17.3 Å². The molecule has 1 fully saturated rings. The molecule has 0 spiro atoms. The van der Waals surface area contributed by atoms with Gasteiger partial charge in [0.15, 0.2) is 0 Å². The Morgan fingerprint density at radius 2 is 2.00 bits per heavy atom. The minimum absolute atomic E-state index is 0.0952. The van der Waals surface area contributed by atoms with E-state index in [4.69, 9.17) is 10.5 Å². The van der Waals surface area contributed by atoms with Crippen molar-refractivity contribution in [3.63, 3.8) is 0 Å². The summed E-state index contributed by atoms with van der Waals surface area (Å²) in [6.45, 7) is 1.91. The molecule has 0 heterocycles. The number of carbonyl (C=O) groups is 1. The fourth-order valence-electron chi connectivity index (χ4n) is 2.16. The molecule has 0 saturated heterocycles. The minimum atomic E-state index is 0.0952. The molecule has 1 aliphatic carbocycles. The zero-order valence-electron chi connectivity index (χ0n) is 12.2. The monoisotopic (exact) mass is 277 g/mol. The number of methoxy groups -OCH3 is 1. The van der Waals surface area contributed by atoms with Gasteiger partial charge in [-0.2, -0.15) is 0 Å². The Hall–Kier alpha value is -1.59. The third kappa shape index (κ3) is 3.95. The number of nitrogens with zero attached hydrogens (tertiary/aromatic N) is 2. The van der Waals surface area contributed by atoms with Crippen molar-refractivity contribution in [1.82, 2.24) is 4.90 Å². The molecule has 1 aliphatic rings. The first-order valence-electron chi connectivity index (χ1n) is 6.97. The zero-order chi connectivity index (χ0) is 14.5. The Bertz CT molecular complexity index is 443. The van der Waals surface area contributed by atoms with E-state index in [1.54, 1.807) is 19.1 Å². The van der Waals surface area contributed by atoms with Crippen LogP contribution in [0.4, 0.5) is 11.4 Å². The van der Waals surface area contributed by atoms with E-state index >= 15 is 0 Å². The van der Waals surface area contributed by atoms with Crippen LogP contribution in [0.2, 0.25) is 0 Å². The van der Waals surface area contributed by atoms with Gasteiger partial charge in [-0.15, -0.1) is 0 Å². The third-order valence-electron chi connectivity index (χ3n) is 3.64. The zero-order valence-corrected chi connectivity index (χ0v) is 12.2. The quantitative estimate of drug-likeness (QED) is 0.764. The van der Waals surface area contributed by atoms with Crippen LogP contribution in [0.5, 0.6) is 0 Å². The summed E-state index contributed by atoms with van der Waals surface area (Å²) in [5, 5.41) is 0. The summed E-state index contributed by atoms with van der Waals surface area (Å²) in [5.74, 6) is 0.0952. The van der Waals surface area contributed by atoms with Crippen LogP contribution in [-0.2, 0) is 9.53 Å². The molecule has 0 unspecified atom stereocenters. The predicted molar refractivity (Wildman–Crippen MR) is 80.7 cm³/mol. The van der Waals surface area contributed by atoms with Crippen molar-refractivity contribution in [2.45, 2.75) is 18.9 Å². The van der Waals surface area contributed by atoms with Crippen LogP contribution in [0, 0.1) is 0 Å². The Morgan fingerprint density at radius 1 is 1.35 bits per heavy atom. The number of likely N-dealkylation sites (N-methyl/N-ethyl adjacent to an activating group) is 1. The van der Waals surface area contributed by atoms with E-state index in [1.807, 2.05) is 24.3 Å². The van der Waals surface area contributed by atoms with Gasteiger partial charge < -0.3 is 15.4 Å². The number of anilines is 2. The molecule has 110 valence electrons. The summed E-state index contributed by atoms with van der Waals surface area (Å²) in [6, 6.07) is 7.90. The number of nitrogen functional groups attached to an aromatic ring is 1. The normalized spacial score (nSPS) is 14.6. The molecule has 1 aromatic rings. The van der Waals surface area contributed by atoms with Gasteiger partial charge in [0.2, 0.25) is 5.91 Å². The fraction of sp³-hybridized carbons (Fsp3) is 0.533. The molecule has 5 heteroatoms. The number of carbonyl (C=O) groups excluding carboxylic acids is 1. The molecule has 1 aromatic carbocycles. The number of amides is 1. The number of hydrogen-bond acceptors (Lipinski definition) is 4. The fourth-order valence-corrected chi connectivity index (χ4v) is 2.16. The highest BCUT2D eigenvalue weighted by Crippen LogP contribution is 2.26. The van der Waals surface area contributed by atoms with E-state index in [1.165, 1.54) is 12.8 Å². The van der Waals surface area contributed by atoms with Crippen molar-refractivity contribution in [1.29, 1.82) is 0 Å². The molecule has 1 amide bonds. The first-order valence-corrected chi connectivity index (χ1v) is 6.97. The molecule has 5 nitrogen and oxygen atoms in total. The van der Waals surface area contributed by atoms with Crippen molar-refractivity contribution in [2.75, 3.05) is 44.5 Å². The van der Waals surface area contributed by atoms with E-state index in [0.29, 0.717) is 24.9 Å². The van der Waals surface area contributed by atoms with Gasteiger partial charge in [-0.1, -0.05) is 0 Å². The topological polar surface area (TPSA) is 58.8 Å². The van der Waals surface area contributed by atoms with Gasteiger partial charge in [0.1, 0.15) is 0 Å². The Balaban J connectivity index is 1.93.